The van der Waals surface area contributed by atoms with E-state index in [2.05, 4.69) is 16.0 Å². The third-order valence-corrected chi connectivity index (χ3v) is 6.07. The Morgan fingerprint density at radius 2 is 1.97 bits per heavy atom. The van der Waals surface area contributed by atoms with Gasteiger partial charge in [-0.3, -0.25) is 9.59 Å². The van der Waals surface area contributed by atoms with Gasteiger partial charge in [0.2, 0.25) is 11.8 Å². The maximum Gasteiger partial charge on any atom is 0.407 e. The van der Waals surface area contributed by atoms with Crippen LogP contribution in [0.4, 0.5) is 4.79 Å². The molecule has 1 saturated heterocycles. The lowest BCUT2D eigenvalue weighted by Crippen LogP contribution is -2.55. The number of carbonyl (C=O) groups excluding carboxylic acids is 3. The van der Waals surface area contributed by atoms with Crippen LogP contribution in [0, 0.1) is 5.92 Å². The van der Waals surface area contributed by atoms with Crippen molar-refractivity contribution in [3.8, 4) is 0 Å². The summed E-state index contributed by atoms with van der Waals surface area (Å²) in [6.07, 6.45) is 2.70. The van der Waals surface area contributed by atoms with Gasteiger partial charge in [0.05, 0.1) is 12.1 Å². The molecule has 31 heavy (non-hydrogen) atoms. The van der Waals surface area contributed by atoms with Crippen molar-refractivity contribution in [2.75, 3.05) is 6.54 Å². The molecule has 0 radical (unpaired) electrons. The number of benzene rings is 1. The number of hydrogen-bond acceptors (Lipinski definition) is 6. The number of aliphatic hydroxyl groups is 1. The van der Waals surface area contributed by atoms with Crippen LogP contribution in [0.5, 0.6) is 0 Å². The van der Waals surface area contributed by atoms with Crippen molar-refractivity contribution in [1.82, 2.24) is 16.0 Å². The van der Waals surface area contributed by atoms with Gasteiger partial charge in [0, 0.05) is 12.6 Å². The minimum atomic E-state index is -1.45. The van der Waals surface area contributed by atoms with Crippen LogP contribution in [0.15, 0.2) is 30.3 Å². The molecule has 2 bridgehead atoms. The van der Waals surface area contributed by atoms with Crippen LogP contribution in [0.25, 0.3) is 0 Å². The molecule has 1 aromatic carbocycles. The first kappa shape index (κ1) is 23.0. The van der Waals surface area contributed by atoms with Gasteiger partial charge in [0.15, 0.2) is 6.10 Å². The number of nitrogens with two attached hydrogens (primary N) is 1. The minimum absolute atomic E-state index is 0.194. The third-order valence-electron chi connectivity index (χ3n) is 6.07. The third kappa shape index (κ3) is 6.67. The molecule has 1 aromatic rings. The number of aliphatic hydroxyl groups excluding tert-OH is 1. The van der Waals surface area contributed by atoms with Crippen LogP contribution in [0.2, 0.25) is 0 Å². The molecule has 0 spiro atoms. The normalized spacial score (nSPS) is 23.7. The van der Waals surface area contributed by atoms with Crippen LogP contribution in [-0.4, -0.2) is 53.8 Å². The molecule has 170 valence electrons. The van der Waals surface area contributed by atoms with Gasteiger partial charge in [-0.2, -0.15) is 0 Å². The number of carbonyl (C=O) groups is 3. The summed E-state index contributed by atoms with van der Waals surface area (Å²) in [4.78, 5) is 35.9. The molecule has 1 aliphatic heterocycles. The molecule has 9 heteroatoms. The molecule has 1 heterocycles. The van der Waals surface area contributed by atoms with E-state index in [1.807, 2.05) is 30.3 Å². The Labute approximate surface area is 182 Å². The summed E-state index contributed by atoms with van der Waals surface area (Å²) in [5, 5.41) is 18.9. The highest BCUT2D eigenvalue weighted by atomic mass is 16.5. The quantitative estimate of drug-likeness (QED) is 0.323. The van der Waals surface area contributed by atoms with Gasteiger partial charge in [-0.05, 0) is 50.0 Å². The van der Waals surface area contributed by atoms with Crippen molar-refractivity contribution >= 4 is 17.9 Å². The number of nitrogens with one attached hydrogen (secondary N) is 3. The number of primary amides is 1. The molecule has 3 amide bonds. The molecule has 1 saturated carbocycles. The van der Waals surface area contributed by atoms with Gasteiger partial charge in [-0.15, -0.1) is 0 Å². The summed E-state index contributed by atoms with van der Waals surface area (Å²) in [5.41, 5.74) is 6.15. The Bertz CT molecular complexity index is 760. The van der Waals surface area contributed by atoms with E-state index >= 15 is 0 Å². The van der Waals surface area contributed by atoms with Gasteiger partial charge in [-0.25, -0.2) is 4.79 Å². The molecular weight excluding hydrogens is 400 g/mol. The molecule has 5 atom stereocenters. The largest absolute Gasteiger partial charge is 0.445 e. The van der Waals surface area contributed by atoms with Crippen molar-refractivity contribution in [3.63, 3.8) is 0 Å². The fraction of sp³-hybridized carbons (Fsp3) is 0.591. The van der Waals surface area contributed by atoms with E-state index in [0.717, 1.165) is 24.8 Å². The molecule has 9 nitrogen and oxygen atoms in total. The van der Waals surface area contributed by atoms with Gasteiger partial charge < -0.3 is 31.5 Å². The first-order chi connectivity index (χ1) is 14.9. The second-order valence-electron chi connectivity index (χ2n) is 8.36. The fourth-order valence-electron chi connectivity index (χ4n) is 4.38. The zero-order valence-electron chi connectivity index (χ0n) is 17.6. The van der Waals surface area contributed by atoms with E-state index in [9.17, 15) is 19.5 Å². The van der Waals surface area contributed by atoms with E-state index < -0.39 is 24.1 Å². The first-order valence-electron chi connectivity index (χ1n) is 10.9. The SMILES string of the molecule is NC(=O)C(O)C(CCCCNC(=O)OCc1ccccc1)NC(=O)[C@H]1NC2CCC1C2. The zero-order chi connectivity index (χ0) is 22.2. The maximum absolute atomic E-state index is 12.6. The summed E-state index contributed by atoms with van der Waals surface area (Å²) in [6.45, 7) is 0.581. The van der Waals surface area contributed by atoms with E-state index in [1.54, 1.807) is 0 Å². The van der Waals surface area contributed by atoms with Gasteiger partial charge in [0.25, 0.3) is 0 Å². The van der Waals surface area contributed by atoms with Crippen molar-refractivity contribution in [2.45, 2.75) is 69.4 Å². The van der Waals surface area contributed by atoms with E-state index in [-0.39, 0.29) is 18.6 Å². The summed E-state index contributed by atoms with van der Waals surface area (Å²) in [6, 6.07) is 8.74. The number of ether oxygens (including phenoxy) is 1. The Balaban J connectivity index is 1.36. The Hall–Kier alpha value is -2.65. The Morgan fingerprint density at radius 1 is 1.19 bits per heavy atom. The lowest BCUT2D eigenvalue weighted by Gasteiger charge is -2.27. The number of alkyl carbamates (subject to hydrolysis) is 1. The van der Waals surface area contributed by atoms with Crippen LogP contribution in [0.1, 0.15) is 44.1 Å². The molecular formula is C22H32N4O5. The molecule has 4 unspecified atom stereocenters. The fourth-order valence-corrected chi connectivity index (χ4v) is 4.38. The van der Waals surface area contributed by atoms with E-state index in [0.29, 0.717) is 37.8 Å². The molecule has 6 N–H and O–H groups in total. The first-order valence-corrected chi connectivity index (χ1v) is 10.9. The minimum Gasteiger partial charge on any atom is -0.445 e. The van der Waals surface area contributed by atoms with E-state index in [4.69, 9.17) is 10.5 Å². The number of unbranched alkanes of at least 4 members (excludes halogenated alkanes) is 1. The van der Waals surface area contributed by atoms with Gasteiger partial charge in [0.1, 0.15) is 6.61 Å². The second-order valence-corrected chi connectivity index (χ2v) is 8.36. The van der Waals surface area contributed by atoms with Gasteiger partial charge in [-0.1, -0.05) is 30.3 Å². The monoisotopic (exact) mass is 432 g/mol. The second kappa shape index (κ2) is 11.1. The Morgan fingerprint density at radius 3 is 2.61 bits per heavy atom. The summed E-state index contributed by atoms with van der Waals surface area (Å²) in [5.74, 6) is -0.753. The van der Waals surface area contributed by atoms with Crippen molar-refractivity contribution in [2.24, 2.45) is 11.7 Å². The lowest BCUT2D eigenvalue weighted by atomic mass is 9.97. The molecule has 1 aliphatic carbocycles. The molecule has 0 aromatic heterocycles. The number of hydrogen-bond donors (Lipinski definition) is 5. The number of rotatable bonds is 11. The lowest BCUT2D eigenvalue weighted by molar-refractivity contribution is -0.130. The highest BCUT2D eigenvalue weighted by Crippen LogP contribution is 2.35. The van der Waals surface area contributed by atoms with Crippen LogP contribution in [-0.2, 0) is 20.9 Å². The predicted molar refractivity (Wildman–Crippen MR) is 114 cm³/mol. The number of amides is 3. The molecule has 3 rings (SSSR count). The summed E-state index contributed by atoms with van der Waals surface area (Å²) >= 11 is 0. The zero-order valence-corrected chi connectivity index (χ0v) is 17.6. The highest BCUT2D eigenvalue weighted by Gasteiger charge is 2.43. The predicted octanol–water partition coefficient (Wildman–Crippen LogP) is 0.555. The van der Waals surface area contributed by atoms with Crippen molar-refractivity contribution in [3.05, 3.63) is 35.9 Å². The summed E-state index contributed by atoms with van der Waals surface area (Å²) in [7, 11) is 0. The van der Waals surface area contributed by atoms with Crippen LogP contribution < -0.4 is 21.7 Å². The Kier molecular flexibility index (Phi) is 8.25. The van der Waals surface area contributed by atoms with Gasteiger partial charge >= 0.3 is 6.09 Å². The average Bonchev–Trinajstić information content (AvgIpc) is 3.40. The maximum atomic E-state index is 12.6. The number of piperidine rings is 1. The smallest absolute Gasteiger partial charge is 0.407 e. The molecule has 2 fully saturated rings. The average molecular weight is 433 g/mol. The van der Waals surface area contributed by atoms with E-state index in [1.165, 1.54) is 0 Å². The highest BCUT2D eigenvalue weighted by molar-refractivity contribution is 5.85. The van der Waals surface area contributed by atoms with Crippen LogP contribution in [0.3, 0.4) is 0 Å². The summed E-state index contributed by atoms with van der Waals surface area (Å²) < 4.78 is 5.14. The number of fused-ring (bicyclic) bond motifs is 2. The van der Waals surface area contributed by atoms with Crippen LogP contribution >= 0.6 is 0 Å². The van der Waals surface area contributed by atoms with Crippen molar-refractivity contribution in [1.29, 1.82) is 0 Å². The van der Waals surface area contributed by atoms with Crippen molar-refractivity contribution < 1.29 is 24.2 Å². The topological polar surface area (TPSA) is 143 Å². The molecule has 2 aliphatic rings. The standard InChI is InChI=1S/C22H32N4O5/c23-20(28)19(27)17(26-21(29)18-15-9-10-16(12-15)25-18)8-4-5-11-24-22(30)31-13-14-6-2-1-3-7-14/h1-3,6-7,15-19,25,27H,4-5,8-13H2,(H2,23,28)(H,24,30)(H,26,29)/t15?,16?,17?,18-,19?/m0/s1.